The molecule has 5 nitrogen and oxygen atoms in total. The van der Waals surface area contributed by atoms with E-state index in [2.05, 4.69) is 13.5 Å². The Labute approximate surface area is 137 Å². The van der Waals surface area contributed by atoms with E-state index >= 15 is 0 Å². The Morgan fingerprint density at radius 3 is 1.74 bits per heavy atom. The van der Waals surface area contributed by atoms with Crippen LogP contribution in [0.3, 0.4) is 0 Å². The molecule has 0 atom stereocenters. The van der Waals surface area contributed by atoms with Crippen molar-refractivity contribution in [1.29, 1.82) is 5.41 Å². The van der Waals surface area contributed by atoms with Gasteiger partial charge in [-0.15, -0.1) is 6.58 Å². The monoisotopic (exact) mass is 283 g/mol. The van der Waals surface area contributed by atoms with Crippen LogP contribution in [0.2, 0.25) is 0 Å². The number of carboxylic acid groups (broad SMARTS) is 2. The van der Waals surface area contributed by atoms with E-state index in [9.17, 15) is 9.59 Å². The molecule has 0 heterocycles. The molecule has 0 fully saturated rings. The van der Waals surface area contributed by atoms with Crippen LogP contribution in [0.4, 0.5) is 0 Å². The number of hydrogen-bond donors (Lipinski definition) is 3. The van der Waals surface area contributed by atoms with E-state index in [1.54, 1.807) is 6.92 Å². The van der Waals surface area contributed by atoms with Gasteiger partial charge in [-0.25, -0.2) is 4.79 Å². The summed E-state index contributed by atoms with van der Waals surface area (Å²) in [6.07, 6.45) is 7.38. The summed E-state index contributed by atoms with van der Waals surface area (Å²) in [5, 5.41) is 21.8. The first-order valence-electron chi connectivity index (χ1n) is 5.94. The van der Waals surface area contributed by atoms with E-state index in [1.165, 1.54) is 32.6 Å². The number of aliphatic carboxylic acids is 2. The summed E-state index contributed by atoms with van der Waals surface area (Å²) in [5.41, 5.74) is -0.324. The van der Waals surface area contributed by atoms with Crippen molar-refractivity contribution in [3.05, 3.63) is 12.7 Å². The molecule has 0 aromatic heterocycles. The van der Waals surface area contributed by atoms with Crippen LogP contribution in [-0.4, -0.2) is 57.4 Å². The van der Waals surface area contributed by atoms with Gasteiger partial charge in [0.1, 0.15) is 5.71 Å². The predicted molar refractivity (Wildman–Crippen MR) is 80.5 cm³/mol. The molecule has 0 saturated heterocycles. The maximum absolute atomic E-state index is 9.47. The van der Waals surface area contributed by atoms with Crippen LogP contribution >= 0.6 is 0 Å². The van der Waals surface area contributed by atoms with Gasteiger partial charge in [0.2, 0.25) is 0 Å². The Bertz CT molecular complexity index is 243. The maximum atomic E-state index is 9.47. The third-order valence-corrected chi connectivity index (χ3v) is 1.64. The molecule has 0 amide bonds. The zero-order valence-electron chi connectivity index (χ0n) is 11.5. The first-order valence-corrected chi connectivity index (χ1v) is 5.94. The van der Waals surface area contributed by atoms with E-state index in [-0.39, 0.29) is 41.7 Å². The SMILES string of the molecule is C=CCCCCC.CC(=N)C(=O)O.CCC(=O)O.[NaH]. The van der Waals surface area contributed by atoms with Gasteiger partial charge in [-0.1, -0.05) is 32.8 Å². The molecule has 0 aliphatic heterocycles. The molecule has 3 N–H and O–H groups in total. The van der Waals surface area contributed by atoms with Gasteiger partial charge >= 0.3 is 41.5 Å². The van der Waals surface area contributed by atoms with Gasteiger partial charge in [0.15, 0.2) is 0 Å². The van der Waals surface area contributed by atoms with E-state index in [4.69, 9.17) is 15.6 Å². The van der Waals surface area contributed by atoms with Gasteiger partial charge in [-0.3, -0.25) is 10.2 Å². The Morgan fingerprint density at radius 2 is 1.58 bits per heavy atom. The van der Waals surface area contributed by atoms with Gasteiger partial charge < -0.3 is 10.2 Å². The van der Waals surface area contributed by atoms with Crippen molar-refractivity contribution in [3.63, 3.8) is 0 Å². The second-order valence-electron chi connectivity index (χ2n) is 3.46. The fourth-order valence-corrected chi connectivity index (χ4v) is 0.539. The molecule has 0 aromatic rings. The predicted octanol–water partition coefficient (Wildman–Crippen LogP) is 2.70. The van der Waals surface area contributed by atoms with Crippen molar-refractivity contribution < 1.29 is 19.8 Å². The molecule has 108 valence electrons. The Balaban J connectivity index is -0.0000000878. The minimum absolute atomic E-state index is 0. The number of carboxylic acids is 2. The first kappa shape index (κ1) is 26.8. The molecule has 0 aromatic carbocycles. The molecule has 6 heteroatoms. The second kappa shape index (κ2) is 22.5. The topological polar surface area (TPSA) is 98.5 Å². The Kier molecular flexibility index (Phi) is 31.8. The average molecular weight is 283 g/mol. The van der Waals surface area contributed by atoms with Crippen LogP contribution in [0.15, 0.2) is 12.7 Å². The standard InChI is InChI=1S/C7H14.C3H5NO2.C3H6O2.Na.H/c1-3-5-7-6-4-2;1-2(4)3(5)6;1-2-3(4)5;;/h3H,1,4-7H2,2H3;4H,1H3,(H,5,6);2H2,1H3,(H,4,5);;. The quantitative estimate of drug-likeness (QED) is 0.302. The van der Waals surface area contributed by atoms with Gasteiger partial charge in [0.25, 0.3) is 0 Å². The average Bonchev–Trinajstić information content (AvgIpc) is 2.31. The van der Waals surface area contributed by atoms with Crippen molar-refractivity contribution in [2.45, 2.75) is 52.9 Å². The summed E-state index contributed by atoms with van der Waals surface area (Å²) in [6, 6.07) is 0. The fourth-order valence-electron chi connectivity index (χ4n) is 0.539. The van der Waals surface area contributed by atoms with Crippen LogP contribution in [0, 0.1) is 5.41 Å². The van der Waals surface area contributed by atoms with Crippen LogP contribution in [0.1, 0.15) is 52.9 Å². The van der Waals surface area contributed by atoms with E-state index in [1.807, 2.05) is 6.08 Å². The molecule has 0 unspecified atom stereocenters. The molecule has 19 heavy (non-hydrogen) atoms. The van der Waals surface area contributed by atoms with Gasteiger partial charge in [-0.05, 0) is 19.8 Å². The molecule has 0 radical (unpaired) electrons. The van der Waals surface area contributed by atoms with Crippen LogP contribution in [0.25, 0.3) is 0 Å². The van der Waals surface area contributed by atoms with Crippen LogP contribution < -0.4 is 0 Å². The summed E-state index contributed by atoms with van der Waals surface area (Å²) in [4.78, 5) is 18.8. The molecule has 0 aliphatic rings. The summed E-state index contributed by atoms with van der Waals surface area (Å²) < 4.78 is 0. The number of carbonyl (C=O) groups is 2. The second-order valence-corrected chi connectivity index (χ2v) is 3.46. The third kappa shape index (κ3) is 46.8. The number of allylic oxidation sites excluding steroid dienone is 1. The Morgan fingerprint density at radius 1 is 1.21 bits per heavy atom. The molecular formula is C13H26NNaO4. The number of rotatable bonds is 6. The minimum atomic E-state index is -1.16. The molecule has 0 saturated carbocycles. The van der Waals surface area contributed by atoms with E-state index in [0.717, 1.165) is 0 Å². The zero-order chi connectivity index (χ0) is 15.0. The molecule has 0 spiro atoms. The summed E-state index contributed by atoms with van der Waals surface area (Å²) in [5.74, 6) is -1.90. The fraction of sp³-hybridized carbons (Fsp3) is 0.615. The number of nitrogens with one attached hydrogen (secondary N) is 1. The summed E-state index contributed by atoms with van der Waals surface area (Å²) in [7, 11) is 0. The van der Waals surface area contributed by atoms with Gasteiger partial charge in [0.05, 0.1) is 0 Å². The van der Waals surface area contributed by atoms with Gasteiger partial charge in [0, 0.05) is 6.42 Å². The zero-order valence-corrected chi connectivity index (χ0v) is 11.5. The molecule has 0 rings (SSSR count). The van der Waals surface area contributed by atoms with E-state index in [0.29, 0.717) is 0 Å². The molecule has 0 bridgehead atoms. The number of hydrogen-bond acceptors (Lipinski definition) is 3. The Hall–Kier alpha value is -0.650. The third-order valence-electron chi connectivity index (χ3n) is 1.64. The van der Waals surface area contributed by atoms with Crippen molar-refractivity contribution >= 4 is 47.2 Å². The van der Waals surface area contributed by atoms with Crippen molar-refractivity contribution in [2.24, 2.45) is 0 Å². The van der Waals surface area contributed by atoms with Crippen molar-refractivity contribution in [3.8, 4) is 0 Å². The van der Waals surface area contributed by atoms with Crippen molar-refractivity contribution in [2.75, 3.05) is 0 Å². The number of unbranched alkanes of at least 4 members (excludes halogenated alkanes) is 3. The van der Waals surface area contributed by atoms with Crippen LogP contribution in [0.5, 0.6) is 0 Å². The molecule has 0 aliphatic carbocycles. The summed E-state index contributed by atoms with van der Waals surface area (Å²) in [6.45, 7) is 8.67. The normalized spacial score (nSPS) is 7.53. The van der Waals surface area contributed by atoms with Crippen LogP contribution in [-0.2, 0) is 9.59 Å². The first-order chi connectivity index (χ1) is 8.33. The molecular weight excluding hydrogens is 257 g/mol. The van der Waals surface area contributed by atoms with Gasteiger partial charge in [-0.2, -0.15) is 0 Å². The summed E-state index contributed by atoms with van der Waals surface area (Å²) >= 11 is 0. The van der Waals surface area contributed by atoms with E-state index < -0.39 is 11.9 Å². The van der Waals surface area contributed by atoms with Crippen molar-refractivity contribution in [1.82, 2.24) is 0 Å².